The maximum Gasteiger partial charge on any atom is 0.331 e. The van der Waals surface area contributed by atoms with Gasteiger partial charge < -0.3 is 4.74 Å². The average Bonchev–Trinajstić information content (AvgIpc) is 2.87. The summed E-state index contributed by atoms with van der Waals surface area (Å²) in [5, 5.41) is 0. The third kappa shape index (κ3) is 4.86. The van der Waals surface area contributed by atoms with E-state index >= 15 is 4.39 Å². The third-order valence-corrected chi connectivity index (χ3v) is 7.44. The number of aromatic nitrogens is 2. The zero-order valence-corrected chi connectivity index (χ0v) is 20.8. The van der Waals surface area contributed by atoms with Crippen molar-refractivity contribution in [3.63, 3.8) is 0 Å². The Balaban J connectivity index is 1.92. The smallest absolute Gasteiger partial charge is 0.331 e. The molecule has 1 aliphatic rings. The van der Waals surface area contributed by atoms with E-state index in [2.05, 4.69) is 0 Å². The molecule has 8 heteroatoms. The van der Waals surface area contributed by atoms with Crippen LogP contribution in [0.15, 0.2) is 46.0 Å². The minimum Gasteiger partial charge on any atom is -0.494 e. The summed E-state index contributed by atoms with van der Waals surface area (Å²) in [5.74, 6) is -2.01. The first-order chi connectivity index (χ1) is 17.2. The molecule has 0 spiro atoms. The summed E-state index contributed by atoms with van der Waals surface area (Å²) in [6.45, 7) is 3.21. The second kappa shape index (κ2) is 10.8. The largest absolute Gasteiger partial charge is 0.494 e. The fourth-order valence-corrected chi connectivity index (χ4v) is 5.30. The lowest BCUT2D eigenvalue weighted by molar-refractivity contribution is 0.236. The lowest BCUT2D eigenvalue weighted by atomic mass is 9.81. The Labute approximate surface area is 208 Å². The molecular formula is C28H31F3N2O3. The van der Waals surface area contributed by atoms with Gasteiger partial charge in [0.15, 0.2) is 11.6 Å². The van der Waals surface area contributed by atoms with E-state index < -0.39 is 35.2 Å². The van der Waals surface area contributed by atoms with Crippen LogP contribution in [0.1, 0.15) is 50.3 Å². The Morgan fingerprint density at radius 3 is 2.25 bits per heavy atom. The van der Waals surface area contributed by atoms with Crippen molar-refractivity contribution < 1.29 is 17.9 Å². The standard InChI is InChI=1S/C28H31F3N2O3/c1-17(19-9-5-4-6-10-19)15-33-27(34)25(20-11-7-14-24(36-3)26(20)31)18(2)32(28(33)35)16-21-22(29)12-8-13-23(21)30/h7-8,11-14,17,19H,4-6,9-10,15-16H2,1-3H3/t17-/m0/s1. The first kappa shape index (κ1) is 25.8. The molecule has 1 atom stereocenters. The number of hydrogen-bond acceptors (Lipinski definition) is 3. The molecular weight excluding hydrogens is 469 g/mol. The summed E-state index contributed by atoms with van der Waals surface area (Å²) < 4.78 is 51.7. The Hall–Kier alpha value is -3.29. The van der Waals surface area contributed by atoms with E-state index in [0.29, 0.717) is 5.92 Å². The van der Waals surface area contributed by atoms with Crippen LogP contribution in [0.4, 0.5) is 13.2 Å². The average molecular weight is 501 g/mol. The molecule has 2 aromatic carbocycles. The van der Waals surface area contributed by atoms with Gasteiger partial charge in [-0.2, -0.15) is 0 Å². The molecule has 0 unspecified atom stereocenters. The van der Waals surface area contributed by atoms with Crippen LogP contribution < -0.4 is 16.0 Å². The van der Waals surface area contributed by atoms with Crippen LogP contribution >= 0.6 is 0 Å². The van der Waals surface area contributed by atoms with Gasteiger partial charge in [-0.15, -0.1) is 0 Å². The van der Waals surface area contributed by atoms with E-state index in [0.717, 1.165) is 47.0 Å². The molecule has 0 aliphatic heterocycles. The zero-order valence-electron chi connectivity index (χ0n) is 20.8. The Morgan fingerprint density at radius 1 is 0.972 bits per heavy atom. The van der Waals surface area contributed by atoms with E-state index in [4.69, 9.17) is 4.74 Å². The topological polar surface area (TPSA) is 53.2 Å². The molecule has 36 heavy (non-hydrogen) atoms. The first-order valence-corrected chi connectivity index (χ1v) is 12.3. The SMILES string of the molecule is COc1cccc(-c2c(C)n(Cc3c(F)cccc3F)c(=O)n(C[C@H](C)C3CCCCC3)c2=O)c1F. The van der Waals surface area contributed by atoms with Crippen molar-refractivity contribution in [2.45, 2.75) is 59.0 Å². The number of rotatable bonds is 7. The molecule has 5 nitrogen and oxygen atoms in total. The van der Waals surface area contributed by atoms with Crippen LogP contribution in [-0.4, -0.2) is 16.2 Å². The first-order valence-electron chi connectivity index (χ1n) is 12.3. The fraction of sp³-hybridized carbons (Fsp3) is 0.429. The van der Waals surface area contributed by atoms with Crippen molar-refractivity contribution in [2.75, 3.05) is 7.11 Å². The van der Waals surface area contributed by atoms with Gasteiger partial charge >= 0.3 is 5.69 Å². The van der Waals surface area contributed by atoms with E-state index in [9.17, 15) is 18.4 Å². The molecule has 192 valence electrons. The lowest BCUT2D eigenvalue weighted by Gasteiger charge is -2.28. The van der Waals surface area contributed by atoms with Crippen molar-refractivity contribution in [3.8, 4) is 16.9 Å². The van der Waals surface area contributed by atoms with Gasteiger partial charge in [-0.3, -0.25) is 13.9 Å². The highest BCUT2D eigenvalue weighted by Gasteiger charge is 2.26. The minimum absolute atomic E-state index is 0.0278. The van der Waals surface area contributed by atoms with Gasteiger partial charge in [-0.1, -0.05) is 57.2 Å². The molecule has 0 saturated heterocycles. The molecule has 1 saturated carbocycles. The number of halogens is 3. The lowest BCUT2D eigenvalue weighted by Crippen LogP contribution is -2.44. The quantitative estimate of drug-likeness (QED) is 0.420. The van der Waals surface area contributed by atoms with Gasteiger partial charge in [-0.25, -0.2) is 18.0 Å². The molecule has 0 radical (unpaired) electrons. The van der Waals surface area contributed by atoms with Crippen LogP contribution in [0.5, 0.6) is 5.75 Å². The van der Waals surface area contributed by atoms with Gasteiger partial charge in [0.1, 0.15) is 11.6 Å². The molecule has 1 fully saturated rings. The Kier molecular flexibility index (Phi) is 7.71. The predicted octanol–water partition coefficient (Wildman–Crippen LogP) is 5.68. The molecule has 0 amide bonds. The van der Waals surface area contributed by atoms with Crippen LogP contribution in [-0.2, 0) is 13.1 Å². The Morgan fingerprint density at radius 2 is 1.61 bits per heavy atom. The van der Waals surface area contributed by atoms with Crippen molar-refractivity contribution in [1.29, 1.82) is 0 Å². The highest BCUT2D eigenvalue weighted by molar-refractivity contribution is 5.67. The third-order valence-electron chi connectivity index (χ3n) is 7.44. The summed E-state index contributed by atoms with van der Waals surface area (Å²) in [7, 11) is 1.32. The van der Waals surface area contributed by atoms with Crippen LogP contribution in [0.2, 0.25) is 0 Å². The maximum atomic E-state index is 15.3. The molecule has 4 rings (SSSR count). The summed E-state index contributed by atoms with van der Waals surface area (Å²) >= 11 is 0. The predicted molar refractivity (Wildman–Crippen MR) is 133 cm³/mol. The van der Waals surface area contributed by atoms with Crippen molar-refractivity contribution >= 4 is 0 Å². The molecule has 0 bridgehead atoms. The van der Waals surface area contributed by atoms with Crippen LogP contribution in [0.3, 0.4) is 0 Å². The van der Waals surface area contributed by atoms with Gasteiger partial charge in [0, 0.05) is 23.4 Å². The monoisotopic (exact) mass is 500 g/mol. The van der Waals surface area contributed by atoms with E-state index in [1.165, 1.54) is 38.7 Å². The van der Waals surface area contributed by atoms with Crippen LogP contribution in [0.25, 0.3) is 11.1 Å². The van der Waals surface area contributed by atoms with Gasteiger partial charge in [-0.05, 0) is 37.0 Å². The number of hydrogen-bond donors (Lipinski definition) is 0. The van der Waals surface area contributed by atoms with Gasteiger partial charge in [0.2, 0.25) is 0 Å². The summed E-state index contributed by atoms with van der Waals surface area (Å²) in [5.41, 5.74) is -1.53. The molecule has 0 N–H and O–H groups in total. The highest BCUT2D eigenvalue weighted by atomic mass is 19.1. The second-order valence-electron chi connectivity index (χ2n) is 9.64. The summed E-state index contributed by atoms with van der Waals surface area (Å²) in [6.07, 6.45) is 5.43. The van der Waals surface area contributed by atoms with Crippen molar-refractivity contribution in [1.82, 2.24) is 9.13 Å². The number of benzene rings is 2. The highest BCUT2D eigenvalue weighted by Crippen LogP contribution is 2.31. The number of methoxy groups -OCH3 is 1. The number of ether oxygens (including phenoxy) is 1. The molecule has 1 heterocycles. The summed E-state index contributed by atoms with van der Waals surface area (Å²) in [6, 6.07) is 7.90. The molecule has 1 aliphatic carbocycles. The Bertz CT molecular complexity index is 1350. The van der Waals surface area contributed by atoms with Gasteiger partial charge in [0.25, 0.3) is 5.56 Å². The fourth-order valence-electron chi connectivity index (χ4n) is 5.30. The minimum atomic E-state index is -0.802. The van der Waals surface area contributed by atoms with Crippen molar-refractivity contribution in [2.24, 2.45) is 11.8 Å². The van der Waals surface area contributed by atoms with Gasteiger partial charge in [0.05, 0.1) is 19.2 Å². The van der Waals surface area contributed by atoms with Crippen molar-refractivity contribution in [3.05, 3.63) is 85.9 Å². The maximum absolute atomic E-state index is 15.3. The van der Waals surface area contributed by atoms with E-state index in [-0.39, 0.29) is 40.6 Å². The summed E-state index contributed by atoms with van der Waals surface area (Å²) in [4.78, 5) is 27.3. The normalized spacial score (nSPS) is 15.2. The van der Waals surface area contributed by atoms with E-state index in [1.54, 1.807) is 6.07 Å². The van der Waals surface area contributed by atoms with Crippen LogP contribution in [0, 0.1) is 36.2 Å². The molecule has 3 aromatic rings. The number of nitrogens with zero attached hydrogens (tertiary/aromatic N) is 2. The molecule has 1 aromatic heterocycles. The second-order valence-corrected chi connectivity index (χ2v) is 9.64. The zero-order chi connectivity index (χ0) is 26.0. The van der Waals surface area contributed by atoms with E-state index in [1.807, 2.05) is 6.92 Å².